The fourth-order valence-electron chi connectivity index (χ4n) is 1.86. The smallest absolute Gasteiger partial charge is 0.335 e. The van der Waals surface area contributed by atoms with Gasteiger partial charge in [-0.15, -0.1) is 0 Å². The zero-order valence-corrected chi connectivity index (χ0v) is 12.3. The number of carbonyl (C=O) groups excluding carboxylic acids is 1. The molecule has 10 nitrogen and oxygen atoms in total. The van der Waals surface area contributed by atoms with Crippen molar-refractivity contribution in [3.63, 3.8) is 0 Å². The summed E-state index contributed by atoms with van der Waals surface area (Å²) in [6.45, 7) is 1.96. The van der Waals surface area contributed by atoms with E-state index < -0.39 is 29.6 Å². The van der Waals surface area contributed by atoms with Gasteiger partial charge in [-0.25, -0.2) is 9.59 Å². The molecule has 0 bridgehead atoms. The van der Waals surface area contributed by atoms with E-state index in [1.165, 1.54) is 7.11 Å². The van der Waals surface area contributed by atoms with E-state index in [0.29, 0.717) is 13.2 Å². The minimum absolute atomic E-state index is 0.172. The molecule has 1 aliphatic rings. The number of aliphatic hydroxyl groups is 2. The quantitative estimate of drug-likeness (QED) is 0.335. The number of rotatable bonds is 6. The van der Waals surface area contributed by atoms with Gasteiger partial charge in [-0.2, -0.15) is 0 Å². The highest BCUT2D eigenvalue weighted by Gasteiger charge is 2.42. The standard InChI is InChI=1S/C8H15NO3.C4H6O6/c1-11-6-8(7(10)12-2)3-4-9-5-8;5-1(3(7)8)2(6)4(9)10/h9H,3-6H2,1-2H3;1-2,5-6H,(H,7,8)(H,9,10). The van der Waals surface area contributed by atoms with E-state index in [2.05, 4.69) is 5.32 Å². The van der Waals surface area contributed by atoms with Gasteiger partial charge in [0.05, 0.1) is 13.7 Å². The normalized spacial score (nSPS) is 22.9. The second-order valence-electron chi connectivity index (χ2n) is 4.70. The van der Waals surface area contributed by atoms with Gasteiger partial charge in [-0.1, -0.05) is 0 Å². The van der Waals surface area contributed by atoms with Crippen LogP contribution in [0.4, 0.5) is 0 Å². The van der Waals surface area contributed by atoms with Gasteiger partial charge >= 0.3 is 17.9 Å². The number of carbonyl (C=O) groups is 3. The van der Waals surface area contributed by atoms with Gasteiger partial charge in [0, 0.05) is 13.7 Å². The number of nitrogens with one attached hydrogen (secondary N) is 1. The Hall–Kier alpha value is -1.75. The lowest BCUT2D eigenvalue weighted by atomic mass is 9.88. The Bertz CT molecular complexity index is 374. The van der Waals surface area contributed by atoms with Crippen LogP contribution in [0.25, 0.3) is 0 Å². The Labute approximate surface area is 126 Å². The topological polar surface area (TPSA) is 163 Å². The third-order valence-electron chi connectivity index (χ3n) is 3.09. The fourth-order valence-corrected chi connectivity index (χ4v) is 1.86. The fraction of sp³-hybridized carbons (Fsp3) is 0.750. The van der Waals surface area contributed by atoms with Crippen molar-refractivity contribution in [1.82, 2.24) is 5.32 Å². The number of aliphatic carboxylic acids is 2. The molecular formula is C12H21NO9. The summed E-state index contributed by atoms with van der Waals surface area (Å²) in [6.07, 6.45) is -3.73. The van der Waals surface area contributed by atoms with E-state index in [9.17, 15) is 14.4 Å². The molecule has 3 atom stereocenters. The molecular weight excluding hydrogens is 302 g/mol. The maximum absolute atomic E-state index is 11.4. The molecule has 0 aliphatic carbocycles. The number of methoxy groups -OCH3 is 2. The van der Waals surface area contributed by atoms with Gasteiger partial charge in [0.1, 0.15) is 5.41 Å². The molecule has 22 heavy (non-hydrogen) atoms. The summed E-state index contributed by atoms with van der Waals surface area (Å²) in [5.74, 6) is -3.71. The molecule has 1 fully saturated rings. The maximum Gasteiger partial charge on any atom is 0.335 e. The third-order valence-corrected chi connectivity index (χ3v) is 3.09. The van der Waals surface area contributed by atoms with Crippen molar-refractivity contribution >= 4 is 17.9 Å². The van der Waals surface area contributed by atoms with Crippen LogP contribution in [0, 0.1) is 5.41 Å². The van der Waals surface area contributed by atoms with Crippen molar-refractivity contribution in [2.75, 3.05) is 33.9 Å². The van der Waals surface area contributed by atoms with Gasteiger partial charge in [-0.05, 0) is 13.0 Å². The molecule has 5 N–H and O–H groups in total. The van der Waals surface area contributed by atoms with E-state index in [1.54, 1.807) is 7.11 Å². The summed E-state index contributed by atoms with van der Waals surface area (Å²) in [7, 11) is 3.01. The van der Waals surface area contributed by atoms with E-state index in [0.717, 1.165) is 13.0 Å². The van der Waals surface area contributed by atoms with Crippen molar-refractivity contribution in [3.05, 3.63) is 0 Å². The van der Waals surface area contributed by atoms with Gasteiger partial charge in [-0.3, -0.25) is 4.79 Å². The summed E-state index contributed by atoms with van der Waals surface area (Å²) < 4.78 is 9.74. The first kappa shape index (κ1) is 20.2. The first-order valence-corrected chi connectivity index (χ1v) is 6.31. The highest BCUT2D eigenvalue weighted by atomic mass is 16.5. The van der Waals surface area contributed by atoms with Gasteiger partial charge in [0.15, 0.2) is 12.2 Å². The van der Waals surface area contributed by atoms with Gasteiger partial charge in [0.2, 0.25) is 0 Å². The molecule has 0 amide bonds. The third kappa shape index (κ3) is 5.56. The average molecular weight is 323 g/mol. The van der Waals surface area contributed by atoms with Gasteiger partial charge in [0.25, 0.3) is 0 Å². The number of ether oxygens (including phenoxy) is 2. The second-order valence-corrected chi connectivity index (χ2v) is 4.70. The van der Waals surface area contributed by atoms with Crippen LogP contribution in [-0.4, -0.2) is 84.5 Å². The molecule has 1 rings (SSSR count). The van der Waals surface area contributed by atoms with Crippen molar-refractivity contribution in [1.29, 1.82) is 0 Å². The number of carboxylic acids is 2. The van der Waals surface area contributed by atoms with Crippen LogP contribution >= 0.6 is 0 Å². The summed E-state index contributed by atoms with van der Waals surface area (Å²) in [6, 6.07) is 0. The van der Waals surface area contributed by atoms with Crippen LogP contribution in [0.2, 0.25) is 0 Å². The van der Waals surface area contributed by atoms with Crippen molar-refractivity contribution in [2.45, 2.75) is 18.6 Å². The van der Waals surface area contributed by atoms with Crippen LogP contribution in [0.15, 0.2) is 0 Å². The summed E-state index contributed by atoms with van der Waals surface area (Å²) in [5.41, 5.74) is -0.441. The zero-order valence-electron chi connectivity index (χ0n) is 12.3. The summed E-state index contributed by atoms with van der Waals surface area (Å²) >= 11 is 0. The molecule has 0 aromatic heterocycles. The first-order chi connectivity index (χ1) is 10.2. The molecule has 128 valence electrons. The predicted octanol–water partition coefficient (Wildman–Crippen LogP) is -2.34. The van der Waals surface area contributed by atoms with E-state index in [4.69, 9.17) is 29.9 Å². The minimum Gasteiger partial charge on any atom is -0.479 e. The molecule has 10 heteroatoms. The Balaban J connectivity index is 0.000000409. The number of hydrogen-bond acceptors (Lipinski definition) is 8. The Morgan fingerprint density at radius 2 is 1.64 bits per heavy atom. The van der Waals surface area contributed by atoms with Crippen molar-refractivity contribution in [3.8, 4) is 0 Å². The van der Waals surface area contributed by atoms with Crippen molar-refractivity contribution < 1.29 is 44.3 Å². The SMILES string of the molecule is COCC1(C(=O)OC)CCNC1.O=C(O)C(O)C(O)C(=O)O. The molecule has 0 aromatic rings. The second kappa shape index (κ2) is 9.30. The highest BCUT2D eigenvalue weighted by Crippen LogP contribution is 2.27. The predicted molar refractivity (Wildman–Crippen MR) is 71.1 cm³/mol. The first-order valence-electron chi connectivity index (χ1n) is 6.31. The number of carboxylic acid groups (broad SMARTS) is 2. The molecule has 0 saturated carbocycles. The molecule has 1 heterocycles. The largest absolute Gasteiger partial charge is 0.479 e. The Kier molecular flexibility index (Phi) is 8.56. The average Bonchev–Trinajstić information content (AvgIpc) is 2.95. The molecule has 3 unspecified atom stereocenters. The number of esters is 1. The lowest BCUT2D eigenvalue weighted by molar-refractivity contribution is -0.165. The van der Waals surface area contributed by atoms with E-state index >= 15 is 0 Å². The molecule has 0 spiro atoms. The van der Waals surface area contributed by atoms with E-state index in [-0.39, 0.29) is 5.97 Å². The molecule has 1 aliphatic heterocycles. The maximum atomic E-state index is 11.4. The van der Waals surface area contributed by atoms with Crippen LogP contribution in [0.1, 0.15) is 6.42 Å². The highest BCUT2D eigenvalue weighted by molar-refractivity contribution is 5.83. The van der Waals surface area contributed by atoms with Crippen LogP contribution in [0.5, 0.6) is 0 Å². The van der Waals surface area contributed by atoms with Crippen LogP contribution in [-0.2, 0) is 23.9 Å². The Morgan fingerprint density at radius 3 is 1.91 bits per heavy atom. The monoisotopic (exact) mass is 323 g/mol. The molecule has 0 radical (unpaired) electrons. The van der Waals surface area contributed by atoms with Crippen LogP contribution in [0.3, 0.4) is 0 Å². The number of aliphatic hydroxyl groups excluding tert-OH is 2. The summed E-state index contributed by atoms with van der Waals surface area (Å²) in [5, 5.41) is 35.7. The number of hydrogen-bond donors (Lipinski definition) is 5. The Morgan fingerprint density at radius 1 is 1.14 bits per heavy atom. The molecule has 1 saturated heterocycles. The lowest BCUT2D eigenvalue weighted by Crippen LogP contribution is -2.39. The molecule has 0 aromatic carbocycles. The van der Waals surface area contributed by atoms with Gasteiger partial charge < -0.3 is 35.2 Å². The van der Waals surface area contributed by atoms with Crippen LogP contribution < -0.4 is 5.32 Å². The lowest BCUT2D eigenvalue weighted by Gasteiger charge is -2.23. The zero-order chi connectivity index (χ0) is 17.3. The minimum atomic E-state index is -2.27. The van der Waals surface area contributed by atoms with E-state index in [1.807, 2.05) is 0 Å². The van der Waals surface area contributed by atoms with Crippen molar-refractivity contribution in [2.24, 2.45) is 5.41 Å². The summed E-state index contributed by atoms with van der Waals surface area (Å²) in [4.78, 5) is 30.9.